The van der Waals surface area contributed by atoms with Crippen molar-refractivity contribution in [2.75, 3.05) is 22.1 Å². The summed E-state index contributed by atoms with van der Waals surface area (Å²) in [6, 6.07) is 18.4. The van der Waals surface area contributed by atoms with Crippen molar-refractivity contribution >= 4 is 28.8 Å². The summed E-state index contributed by atoms with van der Waals surface area (Å²) in [6.45, 7) is 3.15. The van der Waals surface area contributed by atoms with E-state index in [1.54, 1.807) is 18.2 Å². The van der Waals surface area contributed by atoms with Gasteiger partial charge in [0.15, 0.2) is 0 Å². The maximum Gasteiger partial charge on any atom is 0.251 e. The minimum Gasteiger partial charge on any atom is -0.370 e. The minimum absolute atomic E-state index is 0.256. The molecule has 3 aromatic rings. The van der Waals surface area contributed by atoms with Crippen molar-refractivity contribution in [1.82, 2.24) is 0 Å². The Kier molecular flexibility index (Phi) is 6.70. The third-order valence-electron chi connectivity index (χ3n) is 5.83. The molecular formula is C26H28FN5O. The second-order valence-corrected chi connectivity index (χ2v) is 8.20. The molecule has 1 atom stereocenters. The van der Waals surface area contributed by atoms with Crippen molar-refractivity contribution < 1.29 is 9.18 Å². The highest BCUT2D eigenvalue weighted by molar-refractivity contribution is 6.00. The van der Waals surface area contributed by atoms with Gasteiger partial charge in [0.2, 0.25) is 0 Å². The summed E-state index contributed by atoms with van der Waals surface area (Å²) in [6.07, 6.45) is 1.75. The highest BCUT2D eigenvalue weighted by atomic mass is 19.1. The first kappa shape index (κ1) is 22.5. The Morgan fingerprint density at radius 2 is 1.94 bits per heavy atom. The summed E-state index contributed by atoms with van der Waals surface area (Å²) < 4.78 is 14.6. The van der Waals surface area contributed by atoms with Gasteiger partial charge in [-0.25, -0.2) is 4.39 Å². The number of halogens is 1. The van der Waals surface area contributed by atoms with Gasteiger partial charge in [-0.15, -0.1) is 0 Å². The van der Waals surface area contributed by atoms with Gasteiger partial charge in [-0.2, -0.15) is 0 Å². The van der Waals surface area contributed by atoms with Gasteiger partial charge in [0, 0.05) is 42.1 Å². The normalized spacial score (nSPS) is 14.3. The van der Waals surface area contributed by atoms with Crippen LogP contribution in [0.5, 0.6) is 0 Å². The van der Waals surface area contributed by atoms with E-state index in [1.807, 2.05) is 54.3 Å². The van der Waals surface area contributed by atoms with Gasteiger partial charge in [0.1, 0.15) is 17.7 Å². The molecule has 7 heteroatoms. The zero-order valence-electron chi connectivity index (χ0n) is 18.6. The molecule has 0 radical (unpaired) electrons. The average Bonchev–Trinajstić information content (AvgIpc) is 3.24. The number of benzene rings is 3. The van der Waals surface area contributed by atoms with Crippen LogP contribution in [0.15, 0.2) is 66.7 Å². The summed E-state index contributed by atoms with van der Waals surface area (Å²) in [5.74, 6) is -0.225. The van der Waals surface area contributed by atoms with E-state index in [-0.39, 0.29) is 11.5 Å². The summed E-state index contributed by atoms with van der Waals surface area (Å²) in [4.78, 5) is 15.3. The first-order valence-corrected chi connectivity index (χ1v) is 11.0. The lowest BCUT2D eigenvalue weighted by Gasteiger charge is -2.23. The number of hydrogen-bond acceptors (Lipinski definition) is 4. The molecule has 1 aliphatic heterocycles. The Morgan fingerprint density at radius 3 is 2.64 bits per heavy atom. The van der Waals surface area contributed by atoms with Crippen LogP contribution in [0.25, 0.3) is 0 Å². The molecule has 0 bridgehead atoms. The van der Waals surface area contributed by atoms with E-state index >= 15 is 0 Å². The zero-order chi connectivity index (χ0) is 23.4. The quantitative estimate of drug-likeness (QED) is 0.413. The maximum atomic E-state index is 14.6. The molecule has 1 saturated heterocycles. The fourth-order valence-corrected chi connectivity index (χ4v) is 4.14. The maximum absolute atomic E-state index is 14.6. The number of hydrogen-bond donors (Lipinski definition) is 4. The number of nitrogens with one attached hydrogen (secondary N) is 3. The SMILES string of the molecule is Cc1cc(NC(=O)C(Nc2cccc(CN)c2)c2ccccc2F)ccc1N1CCCC1=N. The number of nitrogens with two attached hydrogens (primary N) is 1. The van der Waals surface area contributed by atoms with Gasteiger partial charge in [0.25, 0.3) is 5.91 Å². The van der Waals surface area contributed by atoms with Gasteiger partial charge in [0.05, 0.1) is 0 Å². The molecule has 0 aliphatic carbocycles. The highest BCUT2D eigenvalue weighted by Gasteiger charge is 2.25. The topological polar surface area (TPSA) is 94.2 Å². The number of carbonyl (C=O) groups is 1. The van der Waals surface area contributed by atoms with Crippen LogP contribution in [0.1, 0.15) is 35.6 Å². The van der Waals surface area contributed by atoms with E-state index < -0.39 is 11.9 Å². The van der Waals surface area contributed by atoms with Crippen molar-refractivity contribution in [2.24, 2.45) is 5.73 Å². The molecule has 1 aliphatic rings. The molecule has 33 heavy (non-hydrogen) atoms. The Morgan fingerprint density at radius 1 is 1.12 bits per heavy atom. The van der Waals surface area contributed by atoms with E-state index in [2.05, 4.69) is 10.6 Å². The van der Waals surface area contributed by atoms with Crippen LogP contribution in [0.2, 0.25) is 0 Å². The molecule has 4 rings (SSSR count). The van der Waals surface area contributed by atoms with E-state index in [1.165, 1.54) is 6.07 Å². The Bertz CT molecular complexity index is 1180. The zero-order valence-corrected chi connectivity index (χ0v) is 18.6. The lowest BCUT2D eigenvalue weighted by Crippen LogP contribution is -2.28. The fourth-order valence-electron chi connectivity index (χ4n) is 4.14. The van der Waals surface area contributed by atoms with Gasteiger partial charge in [-0.1, -0.05) is 30.3 Å². The third-order valence-corrected chi connectivity index (χ3v) is 5.83. The second-order valence-electron chi connectivity index (χ2n) is 8.20. The van der Waals surface area contributed by atoms with Gasteiger partial charge < -0.3 is 21.3 Å². The van der Waals surface area contributed by atoms with Crippen molar-refractivity contribution in [3.8, 4) is 0 Å². The Hall–Kier alpha value is -3.71. The molecule has 3 aromatic carbocycles. The van der Waals surface area contributed by atoms with Crippen molar-refractivity contribution in [2.45, 2.75) is 32.4 Å². The van der Waals surface area contributed by atoms with Crippen LogP contribution in [-0.2, 0) is 11.3 Å². The van der Waals surface area contributed by atoms with Crippen LogP contribution in [0, 0.1) is 18.2 Å². The molecule has 1 amide bonds. The standard InChI is InChI=1S/C26H28FN5O/c1-17-14-20(11-12-23(17)32-13-5-10-24(32)29)31-26(33)25(21-8-2-3-9-22(21)27)30-19-7-4-6-18(15-19)16-28/h2-4,6-9,11-12,14-15,25,29-30H,5,10,13,16,28H2,1H3,(H,31,33). The van der Waals surface area contributed by atoms with E-state index in [9.17, 15) is 9.18 Å². The first-order chi connectivity index (χ1) is 16.0. The molecule has 1 heterocycles. The van der Waals surface area contributed by atoms with Crippen LogP contribution in [0.3, 0.4) is 0 Å². The van der Waals surface area contributed by atoms with Gasteiger partial charge >= 0.3 is 0 Å². The van der Waals surface area contributed by atoms with Gasteiger partial charge in [-0.3, -0.25) is 10.2 Å². The summed E-state index contributed by atoms with van der Waals surface area (Å²) in [7, 11) is 0. The van der Waals surface area contributed by atoms with Crippen LogP contribution >= 0.6 is 0 Å². The number of anilines is 3. The smallest absolute Gasteiger partial charge is 0.251 e. The molecule has 0 spiro atoms. The molecule has 5 N–H and O–H groups in total. The van der Waals surface area contributed by atoms with E-state index in [0.717, 1.165) is 36.2 Å². The lowest BCUT2D eigenvalue weighted by molar-refractivity contribution is -0.117. The molecule has 6 nitrogen and oxygen atoms in total. The highest BCUT2D eigenvalue weighted by Crippen LogP contribution is 2.29. The first-order valence-electron chi connectivity index (χ1n) is 11.0. The van der Waals surface area contributed by atoms with Crippen LogP contribution < -0.4 is 21.3 Å². The largest absolute Gasteiger partial charge is 0.370 e. The summed E-state index contributed by atoms with van der Waals surface area (Å²) in [5.41, 5.74) is 10.1. The number of amidine groups is 1. The predicted octanol–water partition coefficient (Wildman–Crippen LogP) is 4.96. The molecular weight excluding hydrogens is 417 g/mol. The van der Waals surface area contributed by atoms with Crippen molar-refractivity contribution in [1.29, 1.82) is 5.41 Å². The fraction of sp³-hybridized carbons (Fsp3) is 0.231. The monoisotopic (exact) mass is 445 g/mol. The lowest BCUT2D eigenvalue weighted by atomic mass is 10.0. The number of carbonyl (C=O) groups excluding carboxylic acids is 1. The predicted molar refractivity (Wildman–Crippen MR) is 131 cm³/mol. The average molecular weight is 446 g/mol. The molecule has 170 valence electrons. The summed E-state index contributed by atoms with van der Waals surface area (Å²) in [5, 5.41) is 14.2. The number of nitrogens with zero attached hydrogens (tertiary/aromatic N) is 1. The molecule has 0 saturated carbocycles. The number of aryl methyl sites for hydroxylation is 1. The molecule has 1 fully saturated rings. The Labute approximate surface area is 193 Å². The molecule has 1 unspecified atom stereocenters. The van der Waals surface area contributed by atoms with Crippen molar-refractivity contribution in [3.05, 3.63) is 89.2 Å². The second kappa shape index (κ2) is 9.83. The van der Waals surface area contributed by atoms with E-state index in [0.29, 0.717) is 23.8 Å². The number of rotatable bonds is 7. The van der Waals surface area contributed by atoms with Crippen molar-refractivity contribution in [3.63, 3.8) is 0 Å². The molecule has 0 aromatic heterocycles. The Balaban J connectivity index is 1.59. The van der Waals surface area contributed by atoms with E-state index in [4.69, 9.17) is 11.1 Å². The van der Waals surface area contributed by atoms with Gasteiger partial charge in [-0.05, 0) is 60.9 Å². The summed E-state index contributed by atoms with van der Waals surface area (Å²) >= 11 is 0. The number of amides is 1. The van der Waals surface area contributed by atoms with Crippen LogP contribution in [0.4, 0.5) is 21.5 Å². The third kappa shape index (κ3) is 5.04. The minimum atomic E-state index is -0.939. The van der Waals surface area contributed by atoms with Crippen LogP contribution in [-0.4, -0.2) is 18.3 Å².